The minimum absolute atomic E-state index is 0.142. The van der Waals surface area contributed by atoms with Crippen molar-refractivity contribution in [3.8, 4) is 0 Å². The SMILES string of the molecule is O=C(Nc1ccc(N2CCN(Cc3ccccc3F)CC2)cc1)c1ccco1. The summed E-state index contributed by atoms with van der Waals surface area (Å²) in [6.45, 7) is 4.16. The number of hydrogen-bond donors (Lipinski definition) is 1. The standard InChI is InChI=1S/C22H22FN3O2/c23-20-5-2-1-4-17(20)16-25-11-13-26(14-12-25)19-9-7-18(8-10-19)24-22(27)21-6-3-15-28-21/h1-10,15H,11-14,16H2,(H,24,27). The molecule has 144 valence electrons. The zero-order valence-electron chi connectivity index (χ0n) is 15.5. The Balaban J connectivity index is 1.31. The molecule has 1 amide bonds. The molecule has 1 aliphatic heterocycles. The molecule has 0 saturated carbocycles. The Kier molecular flexibility index (Phi) is 5.39. The van der Waals surface area contributed by atoms with Crippen LogP contribution in [-0.4, -0.2) is 37.0 Å². The molecule has 3 aromatic rings. The van der Waals surface area contributed by atoms with Gasteiger partial charge in [0.2, 0.25) is 0 Å². The van der Waals surface area contributed by atoms with E-state index in [0.29, 0.717) is 6.54 Å². The Morgan fingerprint density at radius 2 is 1.71 bits per heavy atom. The monoisotopic (exact) mass is 379 g/mol. The number of halogens is 1. The maximum atomic E-state index is 13.8. The molecule has 0 aliphatic carbocycles. The van der Waals surface area contributed by atoms with Gasteiger partial charge < -0.3 is 14.6 Å². The number of carbonyl (C=O) groups is 1. The summed E-state index contributed by atoms with van der Waals surface area (Å²) in [6, 6.07) is 18.1. The molecule has 1 aromatic heterocycles. The van der Waals surface area contributed by atoms with E-state index in [0.717, 1.165) is 43.1 Å². The maximum Gasteiger partial charge on any atom is 0.291 e. The van der Waals surface area contributed by atoms with Gasteiger partial charge in [-0.3, -0.25) is 9.69 Å². The molecule has 0 radical (unpaired) electrons. The first kappa shape index (κ1) is 18.3. The first-order chi connectivity index (χ1) is 13.7. The topological polar surface area (TPSA) is 48.7 Å². The first-order valence-corrected chi connectivity index (χ1v) is 9.35. The first-order valence-electron chi connectivity index (χ1n) is 9.35. The van der Waals surface area contributed by atoms with Crippen molar-refractivity contribution in [2.24, 2.45) is 0 Å². The van der Waals surface area contributed by atoms with Gasteiger partial charge in [0, 0.05) is 49.7 Å². The number of hydrogen-bond acceptors (Lipinski definition) is 4. The van der Waals surface area contributed by atoms with Gasteiger partial charge in [0.1, 0.15) is 5.82 Å². The summed E-state index contributed by atoms with van der Waals surface area (Å²) in [4.78, 5) is 16.6. The van der Waals surface area contributed by atoms with Crippen molar-refractivity contribution in [2.45, 2.75) is 6.54 Å². The second-order valence-electron chi connectivity index (χ2n) is 6.83. The summed E-state index contributed by atoms with van der Waals surface area (Å²) in [5.41, 5.74) is 2.58. The van der Waals surface area contributed by atoms with Crippen molar-refractivity contribution >= 4 is 17.3 Å². The molecule has 1 N–H and O–H groups in total. The van der Waals surface area contributed by atoms with Crippen LogP contribution in [0.1, 0.15) is 16.1 Å². The van der Waals surface area contributed by atoms with Crippen molar-refractivity contribution < 1.29 is 13.6 Å². The van der Waals surface area contributed by atoms with Gasteiger partial charge >= 0.3 is 0 Å². The average Bonchev–Trinajstić information content (AvgIpc) is 3.26. The Morgan fingerprint density at radius 1 is 0.964 bits per heavy atom. The van der Waals surface area contributed by atoms with Crippen LogP contribution in [0.3, 0.4) is 0 Å². The van der Waals surface area contributed by atoms with Gasteiger partial charge in [-0.2, -0.15) is 0 Å². The summed E-state index contributed by atoms with van der Waals surface area (Å²) in [5.74, 6) is -0.119. The second-order valence-corrected chi connectivity index (χ2v) is 6.83. The number of nitrogens with one attached hydrogen (secondary N) is 1. The number of nitrogens with zero attached hydrogens (tertiary/aromatic N) is 2. The lowest BCUT2D eigenvalue weighted by atomic mass is 10.1. The van der Waals surface area contributed by atoms with Gasteiger partial charge in [-0.25, -0.2) is 4.39 Å². The summed E-state index contributed by atoms with van der Waals surface area (Å²) in [7, 11) is 0. The number of amides is 1. The molecular weight excluding hydrogens is 357 g/mol. The van der Waals surface area contributed by atoms with Crippen LogP contribution in [0.15, 0.2) is 71.3 Å². The van der Waals surface area contributed by atoms with Crippen LogP contribution in [0.25, 0.3) is 0 Å². The lowest BCUT2D eigenvalue weighted by Crippen LogP contribution is -2.46. The minimum atomic E-state index is -0.264. The summed E-state index contributed by atoms with van der Waals surface area (Å²) in [6.07, 6.45) is 1.48. The van der Waals surface area contributed by atoms with Crippen LogP contribution in [-0.2, 0) is 6.54 Å². The van der Waals surface area contributed by atoms with Crippen LogP contribution in [0.5, 0.6) is 0 Å². The van der Waals surface area contributed by atoms with Crippen molar-refractivity contribution in [3.63, 3.8) is 0 Å². The van der Waals surface area contributed by atoms with Gasteiger partial charge in [0.05, 0.1) is 6.26 Å². The quantitative estimate of drug-likeness (QED) is 0.728. The van der Waals surface area contributed by atoms with Crippen LogP contribution in [0.2, 0.25) is 0 Å². The number of rotatable bonds is 5. The fourth-order valence-electron chi connectivity index (χ4n) is 3.39. The third-order valence-electron chi connectivity index (χ3n) is 4.96. The van der Waals surface area contributed by atoms with Crippen molar-refractivity contribution in [1.29, 1.82) is 0 Å². The molecule has 1 aliphatic rings. The van der Waals surface area contributed by atoms with Crippen LogP contribution < -0.4 is 10.2 Å². The minimum Gasteiger partial charge on any atom is -0.459 e. The van der Waals surface area contributed by atoms with Crippen molar-refractivity contribution in [3.05, 3.63) is 84.1 Å². The van der Waals surface area contributed by atoms with E-state index in [1.54, 1.807) is 18.2 Å². The van der Waals surface area contributed by atoms with Gasteiger partial charge in [-0.1, -0.05) is 18.2 Å². The highest BCUT2D eigenvalue weighted by molar-refractivity contribution is 6.02. The van der Waals surface area contributed by atoms with Crippen LogP contribution >= 0.6 is 0 Å². The summed E-state index contributed by atoms with van der Waals surface area (Å²) in [5, 5.41) is 2.82. The second kappa shape index (κ2) is 8.27. The summed E-state index contributed by atoms with van der Waals surface area (Å²) < 4.78 is 18.9. The predicted octanol–water partition coefficient (Wildman–Crippen LogP) is 3.99. The number of piperazine rings is 1. The van der Waals surface area contributed by atoms with Gasteiger partial charge in [-0.15, -0.1) is 0 Å². The van der Waals surface area contributed by atoms with E-state index in [-0.39, 0.29) is 17.5 Å². The van der Waals surface area contributed by atoms with E-state index in [1.807, 2.05) is 36.4 Å². The number of carbonyl (C=O) groups excluding carboxylic acids is 1. The van der Waals surface area contributed by atoms with Crippen LogP contribution in [0.4, 0.5) is 15.8 Å². The molecule has 2 heterocycles. The molecule has 0 bridgehead atoms. The number of benzene rings is 2. The van der Waals surface area contributed by atoms with E-state index in [9.17, 15) is 9.18 Å². The van der Waals surface area contributed by atoms with E-state index >= 15 is 0 Å². The molecule has 1 fully saturated rings. The summed E-state index contributed by atoms with van der Waals surface area (Å²) >= 11 is 0. The fraction of sp³-hybridized carbons (Fsp3) is 0.227. The molecular formula is C22H22FN3O2. The molecule has 0 atom stereocenters. The molecule has 28 heavy (non-hydrogen) atoms. The van der Waals surface area contributed by atoms with Gasteiger partial charge in [0.25, 0.3) is 5.91 Å². The Labute approximate surface area is 163 Å². The third kappa shape index (κ3) is 4.23. The molecule has 1 saturated heterocycles. The van der Waals surface area contributed by atoms with E-state index < -0.39 is 0 Å². The molecule has 2 aromatic carbocycles. The third-order valence-corrected chi connectivity index (χ3v) is 4.96. The average molecular weight is 379 g/mol. The predicted molar refractivity (Wildman–Crippen MR) is 107 cm³/mol. The highest BCUT2D eigenvalue weighted by Gasteiger charge is 2.18. The Bertz CT molecular complexity index is 917. The Hall–Kier alpha value is -3.12. The number of furan rings is 1. The lowest BCUT2D eigenvalue weighted by Gasteiger charge is -2.36. The van der Waals surface area contributed by atoms with Crippen molar-refractivity contribution in [1.82, 2.24) is 4.90 Å². The maximum absolute atomic E-state index is 13.8. The molecule has 4 rings (SSSR count). The Morgan fingerprint density at radius 3 is 2.39 bits per heavy atom. The molecule has 6 heteroatoms. The zero-order valence-corrected chi connectivity index (χ0v) is 15.5. The fourth-order valence-corrected chi connectivity index (χ4v) is 3.39. The van der Waals surface area contributed by atoms with Crippen LogP contribution in [0, 0.1) is 5.82 Å². The molecule has 5 nitrogen and oxygen atoms in total. The zero-order chi connectivity index (χ0) is 19.3. The highest BCUT2D eigenvalue weighted by atomic mass is 19.1. The van der Waals surface area contributed by atoms with Gasteiger partial charge in [-0.05, 0) is 42.5 Å². The molecule has 0 spiro atoms. The van der Waals surface area contributed by atoms with E-state index in [4.69, 9.17) is 4.42 Å². The smallest absolute Gasteiger partial charge is 0.291 e. The van der Waals surface area contributed by atoms with Crippen molar-refractivity contribution in [2.75, 3.05) is 36.4 Å². The van der Waals surface area contributed by atoms with Gasteiger partial charge in [0.15, 0.2) is 5.76 Å². The number of anilines is 2. The van der Waals surface area contributed by atoms with E-state index in [2.05, 4.69) is 15.1 Å². The normalized spacial score (nSPS) is 14.8. The highest BCUT2D eigenvalue weighted by Crippen LogP contribution is 2.21. The lowest BCUT2D eigenvalue weighted by molar-refractivity contribution is 0.0996. The molecule has 0 unspecified atom stereocenters. The van der Waals surface area contributed by atoms with E-state index in [1.165, 1.54) is 12.3 Å². The largest absolute Gasteiger partial charge is 0.459 e.